The summed E-state index contributed by atoms with van der Waals surface area (Å²) in [7, 11) is -3.27. The number of aromatic nitrogens is 2. The molecule has 108 valence electrons. The van der Waals surface area contributed by atoms with E-state index in [1.54, 1.807) is 6.07 Å². The first-order valence-electron chi connectivity index (χ1n) is 5.74. The topological polar surface area (TPSA) is 102 Å². The quantitative estimate of drug-likeness (QED) is 0.790. The zero-order valence-corrected chi connectivity index (χ0v) is 12.4. The monoisotopic (exact) mass is 323 g/mol. The fraction of sp³-hybridized carbons (Fsp3) is 0.0833. The fourth-order valence-corrected chi connectivity index (χ4v) is 3.30. The van der Waals surface area contributed by atoms with Crippen LogP contribution >= 0.6 is 11.3 Å². The molecular formula is C12H9N3O4S2. The van der Waals surface area contributed by atoms with Gasteiger partial charge in [0.15, 0.2) is 27.1 Å². The second kappa shape index (κ2) is 4.93. The van der Waals surface area contributed by atoms with E-state index in [9.17, 15) is 13.2 Å². The molecule has 3 rings (SSSR count). The molecule has 21 heavy (non-hydrogen) atoms. The van der Waals surface area contributed by atoms with Gasteiger partial charge in [-0.05, 0) is 18.2 Å². The van der Waals surface area contributed by atoms with Gasteiger partial charge in [-0.15, -0.1) is 0 Å². The maximum atomic E-state index is 11.8. The molecule has 0 aliphatic carbocycles. The summed E-state index contributed by atoms with van der Waals surface area (Å²) in [5.41, 5.74) is 0.758. The minimum atomic E-state index is -3.27. The van der Waals surface area contributed by atoms with Crippen molar-refractivity contribution in [2.75, 3.05) is 11.6 Å². The van der Waals surface area contributed by atoms with E-state index in [4.69, 9.17) is 4.42 Å². The van der Waals surface area contributed by atoms with Crippen molar-refractivity contribution in [1.82, 2.24) is 9.97 Å². The van der Waals surface area contributed by atoms with Gasteiger partial charge in [-0.3, -0.25) is 10.1 Å². The summed E-state index contributed by atoms with van der Waals surface area (Å²) < 4.78 is 28.4. The molecule has 2 aromatic heterocycles. The number of benzene rings is 1. The lowest BCUT2D eigenvalue weighted by atomic mass is 10.3. The molecule has 0 aliphatic heterocycles. The average molecular weight is 323 g/mol. The lowest BCUT2D eigenvalue weighted by Crippen LogP contribution is -2.11. The Labute approximate surface area is 123 Å². The number of nitrogens with one attached hydrogen (secondary N) is 1. The van der Waals surface area contributed by atoms with Gasteiger partial charge in [0, 0.05) is 6.26 Å². The van der Waals surface area contributed by atoms with Crippen LogP contribution in [0.25, 0.3) is 10.2 Å². The predicted molar refractivity (Wildman–Crippen MR) is 77.2 cm³/mol. The molecular weight excluding hydrogens is 314 g/mol. The zero-order valence-electron chi connectivity index (χ0n) is 10.7. The highest BCUT2D eigenvalue weighted by Gasteiger charge is 2.14. The first kappa shape index (κ1) is 13.7. The largest absolute Gasteiger partial charge is 0.451 e. The third-order valence-corrected chi connectivity index (χ3v) is 4.72. The fourth-order valence-electron chi connectivity index (χ4n) is 1.67. The van der Waals surface area contributed by atoms with Crippen LogP contribution in [0.2, 0.25) is 0 Å². The second-order valence-corrected chi connectivity index (χ2v) is 7.29. The summed E-state index contributed by atoms with van der Waals surface area (Å²) in [5.74, 6) is -0.439. The molecule has 3 aromatic rings. The van der Waals surface area contributed by atoms with Gasteiger partial charge in [-0.25, -0.2) is 18.4 Å². The average Bonchev–Trinajstić information content (AvgIpc) is 3.05. The van der Waals surface area contributed by atoms with Gasteiger partial charge < -0.3 is 4.42 Å². The lowest BCUT2D eigenvalue weighted by Gasteiger charge is -1.96. The van der Waals surface area contributed by atoms with E-state index < -0.39 is 15.7 Å². The molecule has 0 unspecified atom stereocenters. The van der Waals surface area contributed by atoms with Crippen molar-refractivity contribution in [2.45, 2.75) is 4.90 Å². The van der Waals surface area contributed by atoms with E-state index in [2.05, 4.69) is 15.3 Å². The third-order valence-electron chi connectivity index (χ3n) is 2.67. The third kappa shape index (κ3) is 2.78. The summed E-state index contributed by atoms with van der Waals surface area (Å²) in [4.78, 5) is 20.0. The highest BCUT2D eigenvalue weighted by atomic mass is 32.2. The van der Waals surface area contributed by atoms with Crippen molar-refractivity contribution in [2.24, 2.45) is 0 Å². The summed E-state index contributed by atoms with van der Waals surface area (Å²) in [5, 5.41) is 2.95. The minimum Gasteiger partial charge on any atom is -0.451 e. The van der Waals surface area contributed by atoms with E-state index in [0.29, 0.717) is 15.3 Å². The Morgan fingerprint density at radius 3 is 2.86 bits per heavy atom. The summed E-state index contributed by atoms with van der Waals surface area (Å²) in [6, 6.07) is 4.63. The summed E-state index contributed by atoms with van der Waals surface area (Å²) in [6.07, 6.45) is 3.53. The van der Waals surface area contributed by atoms with Gasteiger partial charge in [0.2, 0.25) is 0 Å². The van der Waals surface area contributed by atoms with Gasteiger partial charge in [0.1, 0.15) is 6.26 Å². The van der Waals surface area contributed by atoms with Gasteiger partial charge in [-0.1, -0.05) is 11.3 Å². The van der Waals surface area contributed by atoms with Crippen LogP contribution in [0.3, 0.4) is 0 Å². The van der Waals surface area contributed by atoms with Gasteiger partial charge in [-0.2, -0.15) is 0 Å². The number of carbonyl (C=O) groups is 1. The number of carbonyl (C=O) groups excluding carboxylic acids is 1. The van der Waals surface area contributed by atoms with Gasteiger partial charge in [0.25, 0.3) is 5.91 Å². The smallest absolute Gasteiger partial charge is 0.279 e. The van der Waals surface area contributed by atoms with Crippen molar-refractivity contribution < 1.29 is 17.6 Å². The van der Waals surface area contributed by atoms with Crippen LogP contribution in [0, 0.1) is 0 Å². The number of nitrogens with zero attached hydrogens (tertiary/aromatic N) is 2. The standard InChI is InChI=1S/C12H9N3O4S2/c1-21(17,18)7-2-3-8-10(4-7)20-12(14-8)15-11(16)9-5-19-6-13-9/h2-6H,1H3,(H,14,15,16). The number of anilines is 1. The first-order valence-corrected chi connectivity index (χ1v) is 8.44. The number of hydrogen-bond donors (Lipinski definition) is 1. The molecule has 0 atom stereocenters. The van der Waals surface area contributed by atoms with E-state index in [1.807, 2.05) is 0 Å². The highest BCUT2D eigenvalue weighted by Crippen LogP contribution is 2.28. The molecule has 1 aromatic carbocycles. The second-order valence-electron chi connectivity index (χ2n) is 4.25. The zero-order chi connectivity index (χ0) is 15.0. The van der Waals surface area contributed by atoms with Crippen LogP contribution < -0.4 is 5.32 Å². The molecule has 0 aliphatic rings. The number of sulfone groups is 1. The van der Waals surface area contributed by atoms with Crippen LogP contribution in [-0.4, -0.2) is 30.5 Å². The number of hydrogen-bond acceptors (Lipinski definition) is 7. The van der Waals surface area contributed by atoms with Gasteiger partial charge >= 0.3 is 0 Å². The van der Waals surface area contributed by atoms with Crippen molar-refractivity contribution >= 4 is 42.4 Å². The first-order chi connectivity index (χ1) is 9.93. The molecule has 1 N–H and O–H groups in total. The van der Waals surface area contributed by atoms with Crippen molar-refractivity contribution in [1.29, 1.82) is 0 Å². The predicted octanol–water partition coefficient (Wildman–Crippen LogP) is 1.94. The number of amides is 1. The van der Waals surface area contributed by atoms with E-state index in [1.165, 1.54) is 29.7 Å². The molecule has 0 bridgehead atoms. The van der Waals surface area contributed by atoms with Crippen LogP contribution in [-0.2, 0) is 9.84 Å². The maximum absolute atomic E-state index is 11.8. The highest BCUT2D eigenvalue weighted by molar-refractivity contribution is 7.90. The normalized spacial score (nSPS) is 11.7. The lowest BCUT2D eigenvalue weighted by molar-refractivity contribution is 0.102. The molecule has 0 radical (unpaired) electrons. The number of rotatable bonds is 3. The maximum Gasteiger partial charge on any atom is 0.279 e. The number of thiazole rings is 1. The molecule has 9 heteroatoms. The molecule has 0 saturated carbocycles. The van der Waals surface area contributed by atoms with E-state index in [-0.39, 0.29) is 10.6 Å². The molecule has 1 amide bonds. The van der Waals surface area contributed by atoms with E-state index in [0.717, 1.165) is 12.6 Å². The SMILES string of the molecule is CS(=O)(=O)c1ccc2nc(NC(=O)c3cocn3)sc2c1. The van der Waals surface area contributed by atoms with Gasteiger partial charge in [0.05, 0.1) is 15.1 Å². The summed E-state index contributed by atoms with van der Waals surface area (Å²) in [6.45, 7) is 0. The van der Waals surface area contributed by atoms with Crippen molar-refractivity contribution in [3.8, 4) is 0 Å². The molecule has 2 heterocycles. The Morgan fingerprint density at radius 1 is 1.38 bits per heavy atom. The Morgan fingerprint density at radius 2 is 2.19 bits per heavy atom. The number of oxazole rings is 1. The Kier molecular flexibility index (Phi) is 3.22. The minimum absolute atomic E-state index is 0.145. The van der Waals surface area contributed by atoms with Crippen LogP contribution in [0.5, 0.6) is 0 Å². The Balaban J connectivity index is 1.93. The van der Waals surface area contributed by atoms with Crippen LogP contribution in [0.4, 0.5) is 5.13 Å². The number of fused-ring (bicyclic) bond motifs is 1. The van der Waals surface area contributed by atoms with E-state index >= 15 is 0 Å². The van der Waals surface area contributed by atoms with Crippen molar-refractivity contribution in [3.05, 3.63) is 36.5 Å². The molecule has 0 fully saturated rings. The molecule has 7 nitrogen and oxygen atoms in total. The molecule has 0 saturated heterocycles. The summed E-state index contributed by atoms with van der Waals surface area (Å²) >= 11 is 1.19. The Hall–Kier alpha value is -2.26. The van der Waals surface area contributed by atoms with Crippen molar-refractivity contribution in [3.63, 3.8) is 0 Å². The van der Waals surface area contributed by atoms with Crippen LogP contribution in [0.15, 0.2) is 40.2 Å². The van der Waals surface area contributed by atoms with Crippen LogP contribution in [0.1, 0.15) is 10.5 Å². The Bertz CT molecular complexity index is 913. The molecule has 0 spiro atoms.